The first-order chi connectivity index (χ1) is 11.9. The average Bonchev–Trinajstić information content (AvgIpc) is 3.03. The predicted molar refractivity (Wildman–Crippen MR) is 102 cm³/mol. The van der Waals surface area contributed by atoms with Gasteiger partial charge in [-0.05, 0) is 49.8 Å². The zero-order valence-electron chi connectivity index (χ0n) is 15.4. The zero-order valence-corrected chi connectivity index (χ0v) is 16.3. The molecule has 1 aromatic carbocycles. The Morgan fingerprint density at radius 3 is 2.52 bits per heavy atom. The summed E-state index contributed by atoms with van der Waals surface area (Å²) in [5.74, 6) is 0.666. The molecule has 25 heavy (non-hydrogen) atoms. The van der Waals surface area contributed by atoms with E-state index in [1.807, 2.05) is 0 Å². The lowest BCUT2D eigenvalue weighted by Gasteiger charge is -2.31. The van der Waals surface area contributed by atoms with Crippen molar-refractivity contribution < 1.29 is 8.42 Å². The molecule has 0 bridgehead atoms. The second kappa shape index (κ2) is 8.16. The van der Waals surface area contributed by atoms with Crippen molar-refractivity contribution in [2.75, 3.05) is 45.5 Å². The van der Waals surface area contributed by atoms with Gasteiger partial charge >= 0.3 is 0 Å². The Labute approximate surface area is 152 Å². The summed E-state index contributed by atoms with van der Waals surface area (Å²) < 4.78 is 24.7. The topological polar surface area (TPSA) is 52.6 Å². The normalized spacial score (nSPS) is 24.0. The molecule has 2 fully saturated rings. The fraction of sp³-hybridized carbons (Fsp3) is 0.684. The van der Waals surface area contributed by atoms with Gasteiger partial charge in [-0.15, -0.1) is 0 Å². The molecular formula is C19H31N3O2S. The van der Waals surface area contributed by atoms with Crippen LogP contribution in [0.5, 0.6) is 0 Å². The summed E-state index contributed by atoms with van der Waals surface area (Å²) in [6, 6.07) is 9.20. The van der Waals surface area contributed by atoms with Crippen LogP contribution in [0, 0.1) is 6.92 Å². The van der Waals surface area contributed by atoms with E-state index >= 15 is 0 Å². The van der Waals surface area contributed by atoms with Crippen molar-refractivity contribution in [2.24, 2.45) is 0 Å². The quantitative estimate of drug-likeness (QED) is 0.835. The Kier molecular flexibility index (Phi) is 6.15. The van der Waals surface area contributed by atoms with Gasteiger partial charge in [-0.25, -0.2) is 12.7 Å². The minimum absolute atomic E-state index is 0.452. The summed E-state index contributed by atoms with van der Waals surface area (Å²) in [6.07, 6.45) is 4.38. The first-order valence-electron chi connectivity index (χ1n) is 9.40. The third kappa shape index (κ3) is 5.03. The molecule has 0 unspecified atom stereocenters. The Balaban J connectivity index is 1.37. The van der Waals surface area contributed by atoms with Crippen LogP contribution in [-0.2, 0) is 10.0 Å². The third-order valence-electron chi connectivity index (χ3n) is 5.68. The molecule has 0 aromatic heterocycles. The summed E-state index contributed by atoms with van der Waals surface area (Å²) in [7, 11) is -3.02. The second-order valence-electron chi connectivity index (χ2n) is 7.53. The molecule has 1 N–H and O–H groups in total. The molecule has 2 saturated heterocycles. The molecule has 0 amide bonds. The molecule has 140 valence electrons. The van der Waals surface area contributed by atoms with Gasteiger partial charge in [-0.1, -0.05) is 24.3 Å². The highest BCUT2D eigenvalue weighted by Gasteiger charge is 2.26. The van der Waals surface area contributed by atoms with Crippen molar-refractivity contribution in [2.45, 2.75) is 38.1 Å². The van der Waals surface area contributed by atoms with E-state index in [1.54, 1.807) is 4.31 Å². The Morgan fingerprint density at radius 1 is 1.12 bits per heavy atom. The monoisotopic (exact) mass is 365 g/mol. The summed E-state index contributed by atoms with van der Waals surface area (Å²) in [5.41, 5.74) is 2.91. The number of aryl methyl sites for hydroxylation is 1. The predicted octanol–water partition coefficient (Wildman–Crippen LogP) is 1.80. The number of rotatable bonds is 6. The summed E-state index contributed by atoms with van der Waals surface area (Å²) in [5, 5.41) is 3.62. The van der Waals surface area contributed by atoms with E-state index in [0.717, 1.165) is 32.5 Å². The number of likely N-dealkylation sites (tertiary alicyclic amines) is 1. The van der Waals surface area contributed by atoms with Gasteiger partial charge in [-0.3, -0.25) is 0 Å². The molecule has 1 aromatic rings. The number of benzene rings is 1. The molecule has 1 atom stereocenters. The first kappa shape index (κ1) is 18.8. The first-order valence-corrected chi connectivity index (χ1v) is 11.2. The van der Waals surface area contributed by atoms with Gasteiger partial charge in [0, 0.05) is 38.8 Å². The van der Waals surface area contributed by atoms with Crippen molar-refractivity contribution in [1.82, 2.24) is 14.5 Å². The van der Waals surface area contributed by atoms with E-state index in [-0.39, 0.29) is 0 Å². The van der Waals surface area contributed by atoms with E-state index < -0.39 is 10.0 Å². The Bertz CT molecular complexity index is 669. The molecule has 2 heterocycles. The maximum Gasteiger partial charge on any atom is 0.211 e. The van der Waals surface area contributed by atoms with E-state index in [4.69, 9.17) is 0 Å². The minimum atomic E-state index is -3.02. The van der Waals surface area contributed by atoms with Crippen LogP contribution < -0.4 is 5.32 Å². The molecule has 0 radical (unpaired) electrons. The lowest BCUT2D eigenvalue weighted by molar-refractivity contribution is 0.273. The number of nitrogens with one attached hydrogen (secondary N) is 1. The van der Waals surface area contributed by atoms with E-state index in [1.165, 1.54) is 30.3 Å². The van der Waals surface area contributed by atoms with Crippen molar-refractivity contribution in [3.05, 3.63) is 35.4 Å². The maximum atomic E-state index is 11.6. The fourth-order valence-electron chi connectivity index (χ4n) is 4.15. The largest absolute Gasteiger partial charge is 0.313 e. The van der Waals surface area contributed by atoms with Crippen LogP contribution in [0.15, 0.2) is 24.3 Å². The van der Waals surface area contributed by atoms with Crippen molar-refractivity contribution in [3.8, 4) is 0 Å². The fourth-order valence-corrected chi connectivity index (χ4v) is 5.03. The van der Waals surface area contributed by atoms with Crippen molar-refractivity contribution in [1.29, 1.82) is 0 Å². The lowest BCUT2D eigenvalue weighted by Crippen LogP contribution is -2.46. The average molecular weight is 366 g/mol. The standard InChI is InChI=1S/C19H31N3O2S/c1-16-5-3-4-6-19(16)17-7-11-21(15-17)14-10-20-18-8-12-22(13-9-18)25(2,23)24/h3-6,17-18,20H,7-15H2,1-2H3/t17-/m1/s1. The molecule has 0 saturated carbocycles. The molecule has 3 rings (SSSR count). The van der Waals surface area contributed by atoms with Crippen LogP contribution in [0.1, 0.15) is 36.3 Å². The van der Waals surface area contributed by atoms with Gasteiger partial charge in [0.1, 0.15) is 0 Å². The number of hydrogen-bond acceptors (Lipinski definition) is 4. The smallest absolute Gasteiger partial charge is 0.211 e. The van der Waals surface area contributed by atoms with E-state index in [0.29, 0.717) is 25.0 Å². The summed E-state index contributed by atoms with van der Waals surface area (Å²) in [4.78, 5) is 2.55. The second-order valence-corrected chi connectivity index (χ2v) is 9.52. The molecular weight excluding hydrogens is 334 g/mol. The van der Waals surface area contributed by atoms with Crippen LogP contribution in [0.2, 0.25) is 0 Å². The van der Waals surface area contributed by atoms with E-state index in [2.05, 4.69) is 41.4 Å². The van der Waals surface area contributed by atoms with Crippen LogP contribution in [0.3, 0.4) is 0 Å². The summed E-state index contributed by atoms with van der Waals surface area (Å²) >= 11 is 0. The highest BCUT2D eigenvalue weighted by Crippen LogP contribution is 2.28. The summed E-state index contributed by atoms with van der Waals surface area (Å²) in [6.45, 7) is 7.90. The van der Waals surface area contributed by atoms with E-state index in [9.17, 15) is 8.42 Å². The molecule has 2 aliphatic rings. The van der Waals surface area contributed by atoms with Gasteiger partial charge < -0.3 is 10.2 Å². The number of hydrogen-bond donors (Lipinski definition) is 1. The molecule has 6 heteroatoms. The van der Waals surface area contributed by atoms with Crippen LogP contribution in [0.4, 0.5) is 0 Å². The lowest BCUT2D eigenvalue weighted by atomic mass is 9.94. The molecule has 2 aliphatic heterocycles. The van der Waals surface area contributed by atoms with Gasteiger partial charge in [0.05, 0.1) is 6.26 Å². The zero-order chi connectivity index (χ0) is 17.9. The highest BCUT2D eigenvalue weighted by atomic mass is 32.2. The van der Waals surface area contributed by atoms with Crippen LogP contribution >= 0.6 is 0 Å². The highest BCUT2D eigenvalue weighted by molar-refractivity contribution is 7.88. The van der Waals surface area contributed by atoms with Gasteiger partial charge in [0.25, 0.3) is 0 Å². The number of piperidine rings is 1. The Hall–Kier alpha value is -0.950. The third-order valence-corrected chi connectivity index (χ3v) is 6.99. The number of sulfonamides is 1. The Morgan fingerprint density at radius 2 is 1.84 bits per heavy atom. The van der Waals surface area contributed by atoms with Crippen LogP contribution in [-0.4, -0.2) is 69.2 Å². The van der Waals surface area contributed by atoms with Crippen molar-refractivity contribution in [3.63, 3.8) is 0 Å². The molecule has 0 aliphatic carbocycles. The molecule has 5 nitrogen and oxygen atoms in total. The molecule has 0 spiro atoms. The van der Waals surface area contributed by atoms with Crippen molar-refractivity contribution >= 4 is 10.0 Å². The van der Waals surface area contributed by atoms with Gasteiger partial charge in [-0.2, -0.15) is 0 Å². The SMILES string of the molecule is Cc1ccccc1[C@@H]1CCN(CCNC2CCN(S(C)(=O)=O)CC2)C1. The minimum Gasteiger partial charge on any atom is -0.313 e. The van der Waals surface area contributed by atoms with Gasteiger partial charge in [0.2, 0.25) is 10.0 Å². The van der Waals surface area contributed by atoms with Crippen LogP contribution in [0.25, 0.3) is 0 Å². The number of nitrogens with zero attached hydrogens (tertiary/aromatic N) is 2. The maximum absolute atomic E-state index is 11.6. The van der Waals surface area contributed by atoms with Gasteiger partial charge in [0.15, 0.2) is 0 Å².